The second kappa shape index (κ2) is 7.94. The monoisotopic (exact) mass is 391 g/mol. The van der Waals surface area contributed by atoms with E-state index >= 15 is 0 Å². The van der Waals surface area contributed by atoms with Gasteiger partial charge in [-0.25, -0.2) is 8.42 Å². The maximum absolute atomic E-state index is 12.0. The molecule has 1 aromatic rings. The van der Waals surface area contributed by atoms with Crippen LogP contribution >= 0.6 is 15.9 Å². The average molecular weight is 392 g/mol. The molecule has 1 N–H and O–H groups in total. The quantitative estimate of drug-likeness (QED) is 0.757. The molecule has 0 aliphatic rings. The lowest BCUT2D eigenvalue weighted by Gasteiger charge is -2.22. The average Bonchev–Trinajstić information content (AvgIpc) is 2.37. The smallest absolute Gasteiger partial charge is 0.240 e. The first-order valence-electron chi connectivity index (χ1n) is 6.76. The standard InChI is InChI=1S/C14H22BrN3O3S/c1-11-9-12(5-6-13(11)15)18(22(4,20)21)10-14(19)16-7-8-17(2)3/h5-6,9H,7-8,10H2,1-4H3,(H,16,19). The van der Waals surface area contributed by atoms with Crippen molar-refractivity contribution in [2.45, 2.75) is 6.92 Å². The van der Waals surface area contributed by atoms with Gasteiger partial charge in [0.2, 0.25) is 15.9 Å². The molecule has 0 aliphatic carbocycles. The third-order valence-corrected chi connectivity index (χ3v) is 5.03. The zero-order valence-corrected chi connectivity index (χ0v) is 15.7. The minimum atomic E-state index is -3.54. The number of nitrogens with one attached hydrogen (secondary N) is 1. The minimum Gasteiger partial charge on any atom is -0.353 e. The predicted octanol–water partition coefficient (Wildman–Crippen LogP) is 1.20. The first kappa shape index (κ1) is 18.9. The van der Waals surface area contributed by atoms with E-state index in [1.165, 1.54) is 0 Å². The molecule has 0 aromatic heterocycles. The Hall–Kier alpha value is -1.12. The summed E-state index contributed by atoms with van der Waals surface area (Å²) in [6.45, 7) is 2.81. The first-order chi connectivity index (χ1) is 10.1. The summed E-state index contributed by atoms with van der Waals surface area (Å²) in [5, 5.41) is 2.72. The Kier molecular flexibility index (Phi) is 6.83. The lowest BCUT2D eigenvalue weighted by Crippen LogP contribution is -2.42. The topological polar surface area (TPSA) is 69.7 Å². The Morgan fingerprint density at radius 2 is 1.95 bits per heavy atom. The van der Waals surface area contributed by atoms with Crippen LogP contribution < -0.4 is 9.62 Å². The lowest BCUT2D eigenvalue weighted by molar-refractivity contribution is -0.119. The van der Waals surface area contributed by atoms with E-state index in [-0.39, 0.29) is 12.5 Å². The number of likely N-dealkylation sites (N-methyl/N-ethyl adjacent to an activating group) is 1. The van der Waals surface area contributed by atoms with E-state index in [4.69, 9.17) is 0 Å². The van der Waals surface area contributed by atoms with Gasteiger partial charge in [-0.3, -0.25) is 9.10 Å². The van der Waals surface area contributed by atoms with Crippen LogP contribution in [0.4, 0.5) is 5.69 Å². The summed E-state index contributed by atoms with van der Waals surface area (Å²) in [7, 11) is 0.267. The SMILES string of the molecule is Cc1cc(N(CC(=O)NCCN(C)C)S(C)(=O)=O)ccc1Br. The zero-order valence-electron chi connectivity index (χ0n) is 13.3. The number of nitrogens with zero attached hydrogens (tertiary/aromatic N) is 2. The number of aryl methyl sites for hydroxylation is 1. The van der Waals surface area contributed by atoms with Gasteiger partial charge in [-0.1, -0.05) is 15.9 Å². The molecule has 0 saturated carbocycles. The molecule has 0 saturated heterocycles. The third-order valence-electron chi connectivity index (χ3n) is 3.00. The number of halogens is 1. The number of hydrogen-bond acceptors (Lipinski definition) is 4. The van der Waals surface area contributed by atoms with Crippen molar-refractivity contribution in [3.05, 3.63) is 28.2 Å². The summed E-state index contributed by atoms with van der Waals surface area (Å²) in [5.74, 6) is -0.326. The number of carbonyl (C=O) groups excluding carboxylic acids is 1. The van der Waals surface area contributed by atoms with Crippen LogP contribution in [0.25, 0.3) is 0 Å². The molecule has 8 heteroatoms. The van der Waals surface area contributed by atoms with Crippen LogP contribution in [0.3, 0.4) is 0 Å². The molecule has 0 spiro atoms. The number of sulfonamides is 1. The fraction of sp³-hybridized carbons (Fsp3) is 0.500. The Balaban J connectivity index is 2.86. The van der Waals surface area contributed by atoms with Crippen LogP contribution in [-0.2, 0) is 14.8 Å². The predicted molar refractivity (Wildman–Crippen MR) is 92.6 cm³/mol. The van der Waals surface area contributed by atoms with Gasteiger partial charge >= 0.3 is 0 Å². The van der Waals surface area contributed by atoms with Crippen molar-refractivity contribution in [1.29, 1.82) is 0 Å². The second-order valence-corrected chi connectivity index (χ2v) is 8.12. The Morgan fingerprint density at radius 3 is 2.45 bits per heavy atom. The molecule has 1 rings (SSSR count). The molecule has 0 aliphatic heterocycles. The molecule has 22 heavy (non-hydrogen) atoms. The van der Waals surface area contributed by atoms with Crippen molar-refractivity contribution in [2.75, 3.05) is 44.3 Å². The number of benzene rings is 1. The van der Waals surface area contributed by atoms with Crippen molar-refractivity contribution >= 4 is 37.5 Å². The van der Waals surface area contributed by atoms with Crippen LogP contribution in [0.5, 0.6) is 0 Å². The second-order valence-electron chi connectivity index (χ2n) is 5.36. The molecule has 0 unspecified atom stereocenters. The van der Waals surface area contributed by atoms with Gasteiger partial charge in [-0.2, -0.15) is 0 Å². The van der Waals surface area contributed by atoms with Crippen LogP contribution in [0.15, 0.2) is 22.7 Å². The van der Waals surface area contributed by atoms with Crippen LogP contribution in [0.1, 0.15) is 5.56 Å². The fourth-order valence-corrected chi connectivity index (χ4v) is 2.88. The van der Waals surface area contributed by atoms with Crippen molar-refractivity contribution < 1.29 is 13.2 Å². The van der Waals surface area contributed by atoms with Gasteiger partial charge < -0.3 is 10.2 Å². The number of anilines is 1. The van der Waals surface area contributed by atoms with Gasteiger partial charge in [0, 0.05) is 17.6 Å². The normalized spacial score (nSPS) is 11.5. The molecule has 6 nitrogen and oxygen atoms in total. The van der Waals surface area contributed by atoms with E-state index in [0.717, 1.165) is 20.6 Å². The highest BCUT2D eigenvalue weighted by Crippen LogP contribution is 2.24. The molecule has 0 heterocycles. The fourth-order valence-electron chi connectivity index (χ4n) is 1.79. The number of rotatable bonds is 7. The maximum Gasteiger partial charge on any atom is 0.240 e. The van der Waals surface area contributed by atoms with Gasteiger partial charge in [-0.05, 0) is 44.8 Å². The van der Waals surface area contributed by atoms with Gasteiger partial charge in [0.25, 0.3) is 0 Å². The molecule has 0 fully saturated rings. The summed E-state index contributed by atoms with van der Waals surface area (Å²) < 4.78 is 25.9. The highest BCUT2D eigenvalue weighted by atomic mass is 79.9. The highest BCUT2D eigenvalue weighted by molar-refractivity contribution is 9.10. The molecular formula is C14H22BrN3O3S. The van der Waals surface area contributed by atoms with E-state index in [1.54, 1.807) is 18.2 Å². The summed E-state index contributed by atoms with van der Waals surface area (Å²) >= 11 is 3.38. The zero-order chi connectivity index (χ0) is 16.9. The summed E-state index contributed by atoms with van der Waals surface area (Å²) in [6.07, 6.45) is 1.09. The van der Waals surface area contributed by atoms with Gasteiger partial charge in [-0.15, -0.1) is 0 Å². The molecule has 0 atom stereocenters. The Bertz CT molecular complexity index is 632. The van der Waals surface area contributed by atoms with Crippen LogP contribution in [-0.4, -0.2) is 59.2 Å². The first-order valence-corrected chi connectivity index (χ1v) is 9.40. The highest BCUT2D eigenvalue weighted by Gasteiger charge is 2.21. The molecular weight excluding hydrogens is 370 g/mol. The maximum atomic E-state index is 12.0. The molecule has 1 aromatic carbocycles. The van der Waals surface area contributed by atoms with Crippen LogP contribution in [0.2, 0.25) is 0 Å². The van der Waals surface area contributed by atoms with Crippen molar-refractivity contribution in [1.82, 2.24) is 10.2 Å². The van der Waals surface area contributed by atoms with E-state index in [0.29, 0.717) is 18.8 Å². The van der Waals surface area contributed by atoms with E-state index in [2.05, 4.69) is 21.2 Å². The van der Waals surface area contributed by atoms with Crippen molar-refractivity contribution in [3.63, 3.8) is 0 Å². The minimum absolute atomic E-state index is 0.229. The molecule has 1 amide bonds. The molecule has 0 radical (unpaired) electrons. The number of amides is 1. The number of hydrogen-bond donors (Lipinski definition) is 1. The van der Waals surface area contributed by atoms with Gasteiger partial charge in [0.15, 0.2) is 0 Å². The third kappa shape index (κ3) is 5.94. The molecule has 124 valence electrons. The van der Waals surface area contributed by atoms with E-state index < -0.39 is 10.0 Å². The van der Waals surface area contributed by atoms with Crippen LogP contribution in [0, 0.1) is 6.92 Å². The van der Waals surface area contributed by atoms with Crippen molar-refractivity contribution in [3.8, 4) is 0 Å². The van der Waals surface area contributed by atoms with Gasteiger partial charge in [0.05, 0.1) is 11.9 Å². The lowest BCUT2D eigenvalue weighted by atomic mass is 10.2. The summed E-state index contributed by atoms with van der Waals surface area (Å²) in [4.78, 5) is 13.9. The van der Waals surface area contributed by atoms with E-state index in [9.17, 15) is 13.2 Å². The number of carbonyl (C=O) groups is 1. The van der Waals surface area contributed by atoms with Crippen molar-refractivity contribution in [2.24, 2.45) is 0 Å². The Morgan fingerprint density at radius 1 is 1.32 bits per heavy atom. The Labute approximate surface area is 140 Å². The molecule has 0 bridgehead atoms. The largest absolute Gasteiger partial charge is 0.353 e. The van der Waals surface area contributed by atoms with Gasteiger partial charge in [0.1, 0.15) is 6.54 Å². The summed E-state index contributed by atoms with van der Waals surface area (Å²) in [5.41, 5.74) is 1.38. The van der Waals surface area contributed by atoms with E-state index in [1.807, 2.05) is 25.9 Å². The summed E-state index contributed by atoms with van der Waals surface area (Å²) in [6, 6.07) is 5.18.